The van der Waals surface area contributed by atoms with Crippen LogP contribution in [0.1, 0.15) is 19.3 Å². The molecule has 2 aliphatic carbocycles. The molecule has 0 heterocycles. The van der Waals surface area contributed by atoms with Gasteiger partial charge < -0.3 is 10.1 Å². The van der Waals surface area contributed by atoms with Gasteiger partial charge in [0.05, 0.1) is 0 Å². The second kappa shape index (κ2) is 6.23. The number of alkyl carbamates (subject to hydrolysis) is 1. The first-order chi connectivity index (χ1) is 9.24. The van der Waals surface area contributed by atoms with Gasteiger partial charge in [-0.3, -0.25) is 0 Å². The Morgan fingerprint density at radius 2 is 2.32 bits per heavy atom. The largest absolute Gasteiger partial charge is 0.415 e. The maximum Gasteiger partial charge on any atom is 0.412 e. The summed E-state index contributed by atoms with van der Waals surface area (Å²) in [5, 5.41) is 2.88. The van der Waals surface area contributed by atoms with Crippen LogP contribution in [0.15, 0.2) is 60.9 Å². The summed E-state index contributed by atoms with van der Waals surface area (Å²) in [6, 6.07) is 0.149. The molecule has 0 saturated heterocycles. The van der Waals surface area contributed by atoms with Crippen LogP contribution in [0.4, 0.5) is 4.79 Å². The Hall–Kier alpha value is -2.03. The molecule has 1 N–H and O–H groups in total. The third-order valence-corrected chi connectivity index (χ3v) is 3.27. The van der Waals surface area contributed by atoms with E-state index in [0.29, 0.717) is 5.92 Å². The van der Waals surface area contributed by atoms with Crippen molar-refractivity contribution in [1.29, 1.82) is 0 Å². The monoisotopic (exact) mass is 257 g/mol. The molecule has 0 radical (unpaired) electrons. The van der Waals surface area contributed by atoms with Crippen molar-refractivity contribution in [2.45, 2.75) is 25.3 Å². The Bertz CT molecular complexity index is 471. The Kier molecular flexibility index (Phi) is 4.39. The van der Waals surface area contributed by atoms with Crippen LogP contribution in [0.5, 0.6) is 0 Å². The minimum atomic E-state index is -0.365. The fourth-order valence-electron chi connectivity index (χ4n) is 2.17. The van der Waals surface area contributed by atoms with Gasteiger partial charge in [0.15, 0.2) is 0 Å². The SMILES string of the molecule is C=C/C=C(\C=C)C1CC1NC(=O)OC1=CC=CCC1. The van der Waals surface area contributed by atoms with Gasteiger partial charge in [-0.05, 0) is 24.5 Å². The van der Waals surface area contributed by atoms with E-state index in [9.17, 15) is 4.79 Å². The molecule has 2 aliphatic rings. The first kappa shape index (κ1) is 13.4. The molecule has 2 rings (SSSR count). The molecule has 0 aliphatic heterocycles. The van der Waals surface area contributed by atoms with E-state index < -0.39 is 0 Å². The standard InChI is InChI=1S/C16H19NO2/c1-3-8-12(4-2)14-11-15(14)17-16(18)19-13-9-6-5-7-10-13/h3-6,8-9,14-15H,1-2,7,10-11H2,(H,17,18)/b12-8+. The van der Waals surface area contributed by atoms with Crippen LogP contribution in [0.25, 0.3) is 0 Å². The molecule has 3 nitrogen and oxygen atoms in total. The lowest BCUT2D eigenvalue weighted by Crippen LogP contribution is -2.27. The summed E-state index contributed by atoms with van der Waals surface area (Å²) in [6.07, 6.45) is 13.6. The third-order valence-electron chi connectivity index (χ3n) is 3.27. The first-order valence-electron chi connectivity index (χ1n) is 6.53. The maximum atomic E-state index is 11.7. The van der Waals surface area contributed by atoms with E-state index in [-0.39, 0.29) is 12.1 Å². The summed E-state index contributed by atoms with van der Waals surface area (Å²) >= 11 is 0. The third kappa shape index (κ3) is 3.71. The van der Waals surface area contributed by atoms with Crippen LogP contribution in [0.3, 0.4) is 0 Å². The molecule has 2 atom stereocenters. The van der Waals surface area contributed by atoms with Crippen molar-refractivity contribution in [2.75, 3.05) is 0 Å². The smallest absolute Gasteiger partial charge is 0.412 e. The van der Waals surface area contributed by atoms with Gasteiger partial charge in [-0.15, -0.1) is 0 Å². The number of carbonyl (C=O) groups excluding carboxylic acids is 1. The van der Waals surface area contributed by atoms with E-state index in [4.69, 9.17) is 4.74 Å². The van der Waals surface area contributed by atoms with Gasteiger partial charge in [0.2, 0.25) is 0 Å². The zero-order valence-corrected chi connectivity index (χ0v) is 11.0. The molecule has 0 bridgehead atoms. The van der Waals surface area contributed by atoms with E-state index >= 15 is 0 Å². The van der Waals surface area contributed by atoms with E-state index in [1.165, 1.54) is 0 Å². The zero-order chi connectivity index (χ0) is 13.7. The van der Waals surface area contributed by atoms with Crippen molar-refractivity contribution in [2.24, 2.45) is 5.92 Å². The Morgan fingerprint density at radius 1 is 1.47 bits per heavy atom. The Balaban J connectivity index is 1.80. The minimum absolute atomic E-state index is 0.149. The molecular weight excluding hydrogens is 238 g/mol. The highest BCUT2D eigenvalue weighted by Gasteiger charge is 2.40. The number of allylic oxidation sites excluding steroid dienone is 7. The van der Waals surface area contributed by atoms with E-state index in [1.54, 1.807) is 6.08 Å². The van der Waals surface area contributed by atoms with Crippen molar-refractivity contribution in [3.8, 4) is 0 Å². The molecule has 1 saturated carbocycles. The molecule has 0 aromatic carbocycles. The van der Waals surface area contributed by atoms with Crippen LogP contribution < -0.4 is 5.32 Å². The summed E-state index contributed by atoms with van der Waals surface area (Å²) < 4.78 is 5.26. The van der Waals surface area contributed by atoms with E-state index in [1.807, 2.05) is 24.3 Å². The van der Waals surface area contributed by atoms with Crippen LogP contribution in [0, 0.1) is 5.92 Å². The second-order valence-corrected chi connectivity index (χ2v) is 4.69. The highest BCUT2D eigenvalue weighted by Crippen LogP contribution is 2.37. The number of amides is 1. The number of hydrogen-bond acceptors (Lipinski definition) is 2. The van der Waals surface area contributed by atoms with Crippen molar-refractivity contribution in [3.05, 3.63) is 60.9 Å². The zero-order valence-electron chi connectivity index (χ0n) is 11.0. The van der Waals surface area contributed by atoms with Gasteiger partial charge in [0.1, 0.15) is 5.76 Å². The number of nitrogens with one attached hydrogen (secondary N) is 1. The minimum Gasteiger partial charge on any atom is -0.415 e. The van der Waals surface area contributed by atoms with Crippen LogP contribution in [-0.4, -0.2) is 12.1 Å². The molecule has 19 heavy (non-hydrogen) atoms. The number of rotatable bonds is 5. The summed E-state index contributed by atoms with van der Waals surface area (Å²) in [5.74, 6) is 1.06. The Morgan fingerprint density at radius 3 is 2.95 bits per heavy atom. The normalized spacial score (nSPS) is 25.3. The average Bonchev–Trinajstić information content (AvgIpc) is 3.16. The van der Waals surface area contributed by atoms with Crippen molar-refractivity contribution >= 4 is 6.09 Å². The fraction of sp³-hybridized carbons (Fsp3) is 0.312. The van der Waals surface area contributed by atoms with Crippen molar-refractivity contribution in [1.82, 2.24) is 5.32 Å². The molecule has 100 valence electrons. The number of ether oxygens (including phenoxy) is 1. The summed E-state index contributed by atoms with van der Waals surface area (Å²) in [6.45, 7) is 7.44. The quantitative estimate of drug-likeness (QED) is 0.764. The Labute approximate surface area is 114 Å². The molecule has 1 amide bonds. The lowest BCUT2D eigenvalue weighted by molar-refractivity contribution is 0.171. The fourth-order valence-corrected chi connectivity index (χ4v) is 2.17. The molecule has 1 fully saturated rings. The predicted molar refractivity (Wildman–Crippen MR) is 76.4 cm³/mol. The van der Waals surface area contributed by atoms with Crippen molar-refractivity contribution in [3.63, 3.8) is 0 Å². The van der Waals surface area contributed by atoms with Crippen LogP contribution in [-0.2, 0) is 4.74 Å². The highest BCUT2D eigenvalue weighted by atomic mass is 16.6. The van der Waals surface area contributed by atoms with Crippen LogP contribution in [0.2, 0.25) is 0 Å². The van der Waals surface area contributed by atoms with E-state index in [2.05, 4.69) is 24.6 Å². The van der Waals surface area contributed by atoms with Gasteiger partial charge in [0.25, 0.3) is 0 Å². The average molecular weight is 257 g/mol. The lowest BCUT2D eigenvalue weighted by Gasteiger charge is -2.10. The van der Waals surface area contributed by atoms with Gasteiger partial charge in [-0.2, -0.15) is 0 Å². The van der Waals surface area contributed by atoms with E-state index in [0.717, 1.165) is 30.6 Å². The van der Waals surface area contributed by atoms with Crippen LogP contribution >= 0.6 is 0 Å². The topological polar surface area (TPSA) is 38.3 Å². The molecule has 3 heteroatoms. The van der Waals surface area contributed by atoms with Gasteiger partial charge >= 0.3 is 6.09 Å². The lowest BCUT2D eigenvalue weighted by atomic mass is 10.1. The second-order valence-electron chi connectivity index (χ2n) is 4.69. The maximum absolute atomic E-state index is 11.7. The first-order valence-corrected chi connectivity index (χ1v) is 6.53. The molecule has 2 unspecified atom stereocenters. The van der Waals surface area contributed by atoms with Gasteiger partial charge in [-0.25, -0.2) is 4.79 Å². The van der Waals surface area contributed by atoms with Gasteiger partial charge in [-0.1, -0.05) is 43.5 Å². The molecular formula is C16H19NO2. The molecule has 0 spiro atoms. The van der Waals surface area contributed by atoms with Gasteiger partial charge in [0, 0.05) is 18.4 Å². The summed E-state index contributed by atoms with van der Waals surface area (Å²) in [5.41, 5.74) is 1.11. The number of carbonyl (C=O) groups is 1. The number of hydrogen-bond donors (Lipinski definition) is 1. The molecule has 0 aromatic rings. The van der Waals surface area contributed by atoms with Crippen molar-refractivity contribution < 1.29 is 9.53 Å². The molecule has 0 aromatic heterocycles. The summed E-state index contributed by atoms with van der Waals surface area (Å²) in [7, 11) is 0. The summed E-state index contributed by atoms with van der Waals surface area (Å²) in [4.78, 5) is 11.7. The highest BCUT2D eigenvalue weighted by molar-refractivity contribution is 5.69. The predicted octanol–water partition coefficient (Wildman–Crippen LogP) is 3.63.